The standard InChI is InChI=1S/C17H27N3O/c1-2-14-5-3-4-6-17(14)21-16-11-15(12-19-13-16)20-9-7-18-8-10-20/h11-14,17-18H,2-10H2,1H3. The number of anilines is 1. The van der Waals surface area contributed by atoms with Gasteiger partial charge in [-0.25, -0.2) is 0 Å². The summed E-state index contributed by atoms with van der Waals surface area (Å²) in [5, 5.41) is 3.38. The molecule has 0 amide bonds. The summed E-state index contributed by atoms with van der Waals surface area (Å²) < 4.78 is 6.29. The number of pyridine rings is 1. The quantitative estimate of drug-likeness (QED) is 0.925. The van der Waals surface area contributed by atoms with E-state index in [4.69, 9.17) is 4.74 Å². The third-order valence-electron chi connectivity index (χ3n) is 4.83. The van der Waals surface area contributed by atoms with Crippen molar-refractivity contribution in [3.8, 4) is 5.75 Å². The van der Waals surface area contributed by atoms with Gasteiger partial charge in [0.25, 0.3) is 0 Å². The van der Waals surface area contributed by atoms with Crippen molar-refractivity contribution >= 4 is 5.69 Å². The average molecular weight is 289 g/mol. The Morgan fingerprint density at radius 1 is 1.24 bits per heavy atom. The van der Waals surface area contributed by atoms with E-state index < -0.39 is 0 Å². The average Bonchev–Trinajstić information content (AvgIpc) is 2.56. The van der Waals surface area contributed by atoms with Crippen molar-refractivity contribution in [2.75, 3.05) is 31.1 Å². The molecule has 4 heteroatoms. The molecule has 0 radical (unpaired) electrons. The van der Waals surface area contributed by atoms with Crippen molar-refractivity contribution < 1.29 is 4.74 Å². The van der Waals surface area contributed by atoms with Gasteiger partial charge in [-0.1, -0.05) is 13.3 Å². The lowest BCUT2D eigenvalue weighted by molar-refractivity contribution is 0.0900. The maximum atomic E-state index is 6.29. The highest BCUT2D eigenvalue weighted by molar-refractivity contribution is 5.48. The summed E-state index contributed by atoms with van der Waals surface area (Å²) in [7, 11) is 0. The zero-order valence-electron chi connectivity index (χ0n) is 13.1. The summed E-state index contributed by atoms with van der Waals surface area (Å²) in [4.78, 5) is 6.77. The smallest absolute Gasteiger partial charge is 0.140 e. The van der Waals surface area contributed by atoms with Crippen LogP contribution in [-0.2, 0) is 0 Å². The summed E-state index contributed by atoms with van der Waals surface area (Å²) in [6.07, 6.45) is 10.6. The minimum Gasteiger partial charge on any atom is -0.488 e. The first-order valence-corrected chi connectivity index (χ1v) is 8.44. The molecule has 1 N–H and O–H groups in total. The van der Waals surface area contributed by atoms with Gasteiger partial charge in [0, 0.05) is 32.2 Å². The molecule has 2 atom stereocenters. The van der Waals surface area contributed by atoms with E-state index >= 15 is 0 Å². The van der Waals surface area contributed by atoms with Gasteiger partial charge in [0.05, 0.1) is 18.1 Å². The van der Waals surface area contributed by atoms with Crippen LogP contribution in [0.5, 0.6) is 5.75 Å². The van der Waals surface area contributed by atoms with Crippen LogP contribution in [0.4, 0.5) is 5.69 Å². The maximum Gasteiger partial charge on any atom is 0.140 e. The molecule has 2 unspecified atom stereocenters. The van der Waals surface area contributed by atoms with E-state index in [1.54, 1.807) is 0 Å². The first-order valence-electron chi connectivity index (χ1n) is 8.44. The maximum absolute atomic E-state index is 6.29. The van der Waals surface area contributed by atoms with Gasteiger partial charge in [-0.05, 0) is 31.6 Å². The van der Waals surface area contributed by atoms with E-state index in [2.05, 4.69) is 28.2 Å². The predicted molar refractivity (Wildman–Crippen MR) is 86.0 cm³/mol. The molecule has 1 aliphatic heterocycles. The van der Waals surface area contributed by atoms with E-state index in [0.717, 1.165) is 31.9 Å². The van der Waals surface area contributed by atoms with E-state index in [-0.39, 0.29) is 0 Å². The molecule has 2 aliphatic rings. The van der Waals surface area contributed by atoms with Crippen molar-refractivity contribution in [1.29, 1.82) is 0 Å². The molecule has 3 rings (SSSR count). The summed E-state index contributed by atoms with van der Waals surface area (Å²) in [5.74, 6) is 1.65. The number of rotatable bonds is 4. The number of hydrogen-bond donors (Lipinski definition) is 1. The van der Waals surface area contributed by atoms with Crippen LogP contribution in [0.25, 0.3) is 0 Å². The van der Waals surface area contributed by atoms with Gasteiger partial charge >= 0.3 is 0 Å². The molecule has 116 valence electrons. The van der Waals surface area contributed by atoms with Crippen LogP contribution in [0.3, 0.4) is 0 Å². The van der Waals surface area contributed by atoms with Crippen LogP contribution in [-0.4, -0.2) is 37.3 Å². The number of nitrogens with one attached hydrogen (secondary N) is 1. The molecule has 1 aromatic rings. The normalized spacial score (nSPS) is 26.6. The van der Waals surface area contributed by atoms with Crippen LogP contribution in [0, 0.1) is 5.92 Å². The van der Waals surface area contributed by atoms with Gasteiger partial charge in [0.15, 0.2) is 0 Å². The largest absolute Gasteiger partial charge is 0.488 e. The SMILES string of the molecule is CCC1CCCCC1Oc1cncc(N2CCNCC2)c1. The Morgan fingerprint density at radius 2 is 2.05 bits per heavy atom. The Balaban J connectivity index is 1.67. The Hall–Kier alpha value is -1.29. The van der Waals surface area contributed by atoms with E-state index in [1.165, 1.54) is 37.8 Å². The van der Waals surface area contributed by atoms with Gasteiger partial charge in [0.2, 0.25) is 0 Å². The van der Waals surface area contributed by atoms with Crippen LogP contribution >= 0.6 is 0 Å². The van der Waals surface area contributed by atoms with Gasteiger partial charge < -0.3 is 15.0 Å². The van der Waals surface area contributed by atoms with E-state index in [1.807, 2.05) is 12.4 Å². The number of hydrogen-bond acceptors (Lipinski definition) is 4. The molecule has 2 heterocycles. The molecule has 1 aromatic heterocycles. The lowest BCUT2D eigenvalue weighted by Gasteiger charge is -2.32. The van der Waals surface area contributed by atoms with Crippen LogP contribution in [0.2, 0.25) is 0 Å². The Kier molecular flexibility index (Phi) is 4.96. The summed E-state index contributed by atoms with van der Waals surface area (Å²) in [6.45, 7) is 6.47. The monoisotopic (exact) mass is 289 g/mol. The number of piperazine rings is 1. The molecule has 0 aromatic carbocycles. The van der Waals surface area contributed by atoms with E-state index in [0.29, 0.717) is 12.0 Å². The molecule has 2 fully saturated rings. The van der Waals surface area contributed by atoms with Crippen molar-refractivity contribution in [1.82, 2.24) is 10.3 Å². The van der Waals surface area contributed by atoms with Crippen LogP contribution in [0.1, 0.15) is 39.0 Å². The number of aromatic nitrogens is 1. The molecule has 1 saturated heterocycles. The molecule has 0 bridgehead atoms. The minimum atomic E-state index is 0.379. The fraction of sp³-hybridized carbons (Fsp3) is 0.706. The Bertz CT molecular complexity index is 445. The minimum absolute atomic E-state index is 0.379. The molecular formula is C17H27N3O. The number of ether oxygens (including phenoxy) is 1. The Morgan fingerprint density at radius 3 is 2.86 bits per heavy atom. The lowest BCUT2D eigenvalue weighted by atomic mass is 9.85. The first kappa shape index (κ1) is 14.6. The third kappa shape index (κ3) is 3.67. The fourth-order valence-corrected chi connectivity index (χ4v) is 3.54. The molecule has 0 spiro atoms. The lowest BCUT2D eigenvalue weighted by Crippen LogP contribution is -2.43. The van der Waals surface area contributed by atoms with Crippen molar-refractivity contribution in [2.24, 2.45) is 5.92 Å². The second-order valence-corrected chi connectivity index (χ2v) is 6.22. The van der Waals surface area contributed by atoms with Crippen LogP contribution < -0.4 is 15.0 Å². The highest BCUT2D eigenvalue weighted by Crippen LogP contribution is 2.31. The molecule has 4 nitrogen and oxygen atoms in total. The first-order chi connectivity index (χ1) is 10.4. The summed E-state index contributed by atoms with van der Waals surface area (Å²) in [6, 6.07) is 2.17. The molecular weight excluding hydrogens is 262 g/mol. The van der Waals surface area contributed by atoms with Gasteiger partial charge in [-0.3, -0.25) is 4.98 Å². The van der Waals surface area contributed by atoms with Gasteiger partial charge in [-0.2, -0.15) is 0 Å². The van der Waals surface area contributed by atoms with Gasteiger partial charge in [0.1, 0.15) is 11.9 Å². The van der Waals surface area contributed by atoms with Gasteiger partial charge in [-0.15, -0.1) is 0 Å². The van der Waals surface area contributed by atoms with Crippen molar-refractivity contribution in [3.63, 3.8) is 0 Å². The number of nitrogens with zero attached hydrogens (tertiary/aromatic N) is 2. The zero-order chi connectivity index (χ0) is 14.5. The topological polar surface area (TPSA) is 37.4 Å². The zero-order valence-corrected chi connectivity index (χ0v) is 13.1. The fourth-order valence-electron chi connectivity index (χ4n) is 3.54. The Labute approximate surface area is 127 Å². The second-order valence-electron chi connectivity index (χ2n) is 6.22. The molecule has 21 heavy (non-hydrogen) atoms. The van der Waals surface area contributed by atoms with Crippen molar-refractivity contribution in [2.45, 2.75) is 45.1 Å². The van der Waals surface area contributed by atoms with Crippen LogP contribution in [0.15, 0.2) is 18.5 Å². The molecule has 1 saturated carbocycles. The second kappa shape index (κ2) is 7.12. The summed E-state index contributed by atoms with van der Waals surface area (Å²) >= 11 is 0. The predicted octanol–water partition coefficient (Wildman–Crippen LogP) is 2.84. The summed E-state index contributed by atoms with van der Waals surface area (Å²) in [5.41, 5.74) is 1.19. The third-order valence-corrected chi connectivity index (χ3v) is 4.83. The highest BCUT2D eigenvalue weighted by Gasteiger charge is 2.25. The molecule has 1 aliphatic carbocycles. The van der Waals surface area contributed by atoms with E-state index in [9.17, 15) is 0 Å². The van der Waals surface area contributed by atoms with Crippen molar-refractivity contribution in [3.05, 3.63) is 18.5 Å². The highest BCUT2D eigenvalue weighted by atomic mass is 16.5.